The number of benzene rings is 1. The van der Waals surface area contributed by atoms with Crippen molar-refractivity contribution in [1.29, 1.82) is 0 Å². The largest absolute Gasteiger partial charge is 0.480 e. The summed E-state index contributed by atoms with van der Waals surface area (Å²) < 4.78 is 1.03. The van der Waals surface area contributed by atoms with Gasteiger partial charge in [0.2, 0.25) is 0 Å². The van der Waals surface area contributed by atoms with E-state index in [0.29, 0.717) is 5.75 Å². The lowest BCUT2D eigenvalue weighted by molar-refractivity contribution is -0.138. The van der Waals surface area contributed by atoms with Crippen molar-refractivity contribution in [2.24, 2.45) is 0 Å². The van der Waals surface area contributed by atoms with Crippen molar-refractivity contribution >= 4 is 33.7 Å². The molecule has 2 rings (SSSR count). The third kappa shape index (κ3) is 2.53. The topological polar surface area (TPSA) is 49.3 Å². The van der Waals surface area contributed by atoms with E-state index in [0.717, 1.165) is 10.0 Å². The van der Waals surface area contributed by atoms with Crippen LogP contribution in [-0.4, -0.2) is 22.9 Å². The molecule has 0 amide bonds. The van der Waals surface area contributed by atoms with E-state index in [1.807, 2.05) is 24.3 Å². The van der Waals surface area contributed by atoms with Gasteiger partial charge in [0, 0.05) is 10.2 Å². The molecule has 1 aromatic rings. The second kappa shape index (κ2) is 4.55. The highest BCUT2D eigenvalue weighted by Gasteiger charge is 2.29. The molecule has 0 radical (unpaired) electrons. The average molecular weight is 288 g/mol. The molecule has 5 heteroatoms. The number of carboxylic acids is 1. The first-order chi connectivity index (χ1) is 7.16. The smallest absolute Gasteiger partial charge is 0.321 e. The van der Waals surface area contributed by atoms with Crippen LogP contribution in [0.2, 0.25) is 0 Å². The van der Waals surface area contributed by atoms with E-state index in [1.54, 1.807) is 11.8 Å². The maximum absolute atomic E-state index is 10.7. The molecule has 1 fully saturated rings. The lowest BCUT2D eigenvalue weighted by atomic mass is 10.2. The zero-order valence-electron chi connectivity index (χ0n) is 7.81. The van der Waals surface area contributed by atoms with Crippen LogP contribution >= 0.6 is 27.7 Å². The standard InChI is InChI=1S/C10H10BrNO2S/c11-7-3-1-6(2-4-7)9-12-8(5-15-9)10(13)14/h1-4,8-9,12H,5H2,(H,13,14)/t8-,9?/m0/s1. The molecule has 0 aromatic heterocycles. The van der Waals surface area contributed by atoms with Crippen molar-refractivity contribution in [2.45, 2.75) is 11.4 Å². The molecule has 0 bridgehead atoms. The van der Waals surface area contributed by atoms with Crippen LogP contribution in [0.3, 0.4) is 0 Å². The van der Waals surface area contributed by atoms with Gasteiger partial charge in [-0.2, -0.15) is 0 Å². The first kappa shape index (κ1) is 11.0. The first-order valence-electron chi connectivity index (χ1n) is 4.53. The summed E-state index contributed by atoms with van der Waals surface area (Å²) >= 11 is 5.00. The number of halogens is 1. The fraction of sp³-hybridized carbons (Fsp3) is 0.300. The summed E-state index contributed by atoms with van der Waals surface area (Å²) in [7, 11) is 0. The van der Waals surface area contributed by atoms with Crippen molar-refractivity contribution in [3.05, 3.63) is 34.3 Å². The summed E-state index contributed by atoms with van der Waals surface area (Å²) in [4.78, 5) is 10.7. The molecule has 3 nitrogen and oxygen atoms in total. The van der Waals surface area contributed by atoms with Crippen molar-refractivity contribution in [3.8, 4) is 0 Å². The number of aliphatic carboxylic acids is 1. The Hall–Kier alpha value is -0.520. The highest BCUT2D eigenvalue weighted by molar-refractivity contribution is 9.10. The van der Waals surface area contributed by atoms with Gasteiger partial charge in [-0.1, -0.05) is 28.1 Å². The van der Waals surface area contributed by atoms with Gasteiger partial charge in [-0.15, -0.1) is 11.8 Å². The Bertz CT molecular complexity index is 368. The van der Waals surface area contributed by atoms with Gasteiger partial charge in [0.05, 0.1) is 5.37 Å². The summed E-state index contributed by atoms with van der Waals surface area (Å²) in [6.07, 6.45) is 0. The van der Waals surface area contributed by atoms with E-state index in [-0.39, 0.29) is 5.37 Å². The number of thioether (sulfide) groups is 1. The summed E-state index contributed by atoms with van der Waals surface area (Å²) in [6, 6.07) is 7.50. The Morgan fingerprint density at radius 2 is 2.13 bits per heavy atom. The maximum atomic E-state index is 10.7. The van der Waals surface area contributed by atoms with Crippen LogP contribution in [0.15, 0.2) is 28.7 Å². The minimum absolute atomic E-state index is 0.0965. The fourth-order valence-electron chi connectivity index (χ4n) is 1.44. The van der Waals surface area contributed by atoms with E-state index in [9.17, 15) is 4.79 Å². The molecule has 1 aliphatic rings. The van der Waals surface area contributed by atoms with Gasteiger partial charge in [-0.3, -0.25) is 10.1 Å². The van der Waals surface area contributed by atoms with Crippen LogP contribution in [0, 0.1) is 0 Å². The van der Waals surface area contributed by atoms with Crippen molar-refractivity contribution < 1.29 is 9.90 Å². The van der Waals surface area contributed by atoms with Gasteiger partial charge in [0.25, 0.3) is 0 Å². The maximum Gasteiger partial charge on any atom is 0.321 e. The van der Waals surface area contributed by atoms with E-state index in [1.165, 1.54) is 0 Å². The second-order valence-electron chi connectivity index (χ2n) is 3.32. The minimum atomic E-state index is -0.776. The van der Waals surface area contributed by atoms with E-state index in [2.05, 4.69) is 21.2 Å². The van der Waals surface area contributed by atoms with Crippen molar-refractivity contribution in [3.63, 3.8) is 0 Å². The molecule has 0 saturated carbocycles. The van der Waals surface area contributed by atoms with Gasteiger partial charge in [-0.25, -0.2) is 0 Å². The molecule has 15 heavy (non-hydrogen) atoms. The Morgan fingerprint density at radius 3 is 2.67 bits per heavy atom. The Morgan fingerprint density at radius 1 is 1.47 bits per heavy atom. The zero-order valence-corrected chi connectivity index (χ0v) is 10.2. The molecule has 1 aliphatic heterocycles. The molecule has 80 valence electrons. The van der Waals surface area contributed by atoms with Gasteiger partial charge < -0.3 is 5.11 Å². The van der Waals surface area contributed by atoms with Crippen LogP contribution < -0.4 is 5.32 Å². The third-order valence-electron chi connectivity index (χ3n) is 2.25. The van der Waals surface area contributed by atoms with E-state index < -0.39 is 12.0 Å². The fourth-order valence-corrected chi connectivity index (χ4v) is 2.94. The molecule has 1 heterocycles. The first-order valence-corrected chi connectivity index (χ1v) is 6.37. The highest BCUT2D eigenvalue weighted by atomic mass is 79.9. The number of carboxylic acid groups (broad SMARTS) is 1. The highest BCUT2D eigenvalue weighted by Crippen LogP contribution is 2.33. The number of hydrogen-bond donors (Lipinski definition) is 2. The lowest BCUT2D eigenvalue weighted by Gasteiger charge is -2.10. The summed E-state index contributed by atoms with van der Waals surface area (Å²) in [5.41, 5.74) is 1.12. The number of hydrogen-bond acceptors (Lipinski definition) is 3. The normalized spacial score (nSPS) is 25.4. The average Bonchev–Trinajstić information content (AvgIpc) is 2.68. The Kier molecular flexibility index (Phi) is 3.33. The van der Waals surface area contributed by atoms with Crippen LogP contribution in [0.25, 0.3) is 0 Å². The Balaban J connectivity index is 2.07. The van der Waals surface area contributed by atoms with Gasteiger partial charge in [-0.05, 0) is 17.7 Å². The molecule has 1 saturated heterocycles. The van der Waals surface area contributed by atoms with Gasteiger partial charge in [0.1, 0.15) is 6.04 Å². The number of nitrogens with one attached hydrogen (secondary N) is 1. The van der Waals surface area contributed by atoms with E-state index in [4.69, 9.17) is 5.11 Å². The zero-order chi connectivity index (χ0) is 10.8. The minimum Gasteiger partial charge on any atom is -0.480 e. The molecule has 0 spiro atoms. The predicted octanol–water partition coefficient (Wildman–Crippen LogP) is 2.24. The lowest BCUT2D eigenvalue weighted by Crippen LogP contribution is -2.33. The molecule has 2 atom stereocenters. The SMILES string of the molecule is O=C(O)[C@@H]1CSC(c2ccc(Br)cc2)N1. The van der Waals surface area contributed by atoms with Gasteiger partial charge >= 0.3 is 5.97 Å². The van der Waals surface area contributed by atoms with Crippen LogP contribution in [0.5, 0.6) is 0 Å². The summed E-state index contributed by atoms with van der Waals surface area (Å²) in [6.45, 7) is 0. The summed E-state index contributed by atoms with van der Waals surface area (Å²) in [5, 5.41) is 12.0. The molecular weight excluding hydrogens is 278 g/mol. The summed E-state index contributed by atoms with van der Waals surface area (Å²) in [5.74, 6) is -0.155. The second-order valence-corrected chi connectivity index (χ2v) is 5.38. The van der Waals surface area contributed by atoms with Crippen LogP contribution in [-0.2, 0) is 4.79 Å². The van der Waals surface area contributed by atoms with Crippen molar-refractivity contribution in [2.75, 3.05) is 5.75 Å². The van der Waals surface area contributed by atoms with Crippen molar-refractivity contribution in [1.82, 2.24) is 5.32 Å². The number of carbonyl (C=O) groups is 1. The Labute approximate surface area is 100 Å². The van der Waals surface area contributed by atoms with Gasteiger partial charge in [0.15, 0.2) is 0 Å². The third-order valence-corrected chi connectivity index (χ3v) is 4.05. The number of rotatable bonds is 2. The molecular formula is C10H10BrNO2S. The monoisotopic (exact) mass is 287 g/mol. The molecule has 1 aromatic carbocycles. The van der Waals surface area contributed by atoms with Crippen LogP contribution in [0.1, 0.15) is 10.9 Å². The predicted molar refractivity (Wildman–Crippen MR) is 63.9 cm³/mol. The quantitative estimate of drug-likeness (QED) is 0.876. The molecule has 1 unspecified atom stereocenters. The molecule has 2 N–H and O–H groups in total. The molecule has 0 aliphatic carbocycles. The van der Waals surface area contributed by atoms with E-state index >= 15 is 0 Å². The van der Waals surface area contributed by atoms with Crippen LogP contribution in [0.4, 0.5) is 0 Å².